The van der Waals surface area contributed by atoms with E-state index in [1.807, 2.05) is 13.8 Å². The summed E-state index contributed by atoms with van der Waals surface area (Å²) in [6, 6.07) is 11.8. The summed E-state index contributed by atoms with van der Waals surface area (Å²) in [5.74, 6) is 1.00. The van der Waals surface area contributed by atoms with Crippen LogP contribution in [0.4, 0.5) is 0 Å². The molecule has 0 spiro atoms. The van der Waals surface area contributed by atoms with Crippen molar-refractivity contribution >= 4 is 16.7 Å². The summed E-state index contributed by atoms with van der Waals surface area (Å²) in [6.45, 7) is 4.51. The molecule has 3 aromatic rings. The van der Waals surface area contributed by atoms with Crippen molar-refractivity contribution in [2.75, 3.05) is 6.79 Å². The van der Waals surface area contributed by atoms with E-state index in [2.05, 4.69) is 5.10 Å². The van der Waals surface area contributed by atoms with Crippen LogP contribution in [0.1, 0.15) is 24.3 Å². The van der Waals surface area contributed by atoms with E-state index in [-0.39, 0.29) is 24.0 Å². The van der Waals surface area contributed by atoms with Gasteiger partial charge in [-0.1, -0.05) is 32.0 Å². The first-order valence-corrected chi connectivity index (χ1v) is 8.64. The molecule has 0 N–H and O–H groups in total. The fourth-order valence-electron chi connectivity index (χ4n) is 2.95. The molecule has 0 bridgehead atoms. The molecule has 4 rings (SSSR count). The largest absolute Gasteiger partial charge is 0.454 e. The first-order chi connectivity index (χ1) is 13.0. The minimum Gasteiger partial charge on any atom is -0.454 e. The van der Waals surface area contributed by atoms with Crippen molar-refractivity contribution in [2.24, 2.45) is 5.92 Å². The summed E-state index contributed by atoms with van der Waals surface area (Å²) in [5.41, 5.74) is -0.123. The lowest BCUT2D eigenvalue weighted by Crippen LogP contribution is -2.28. The van der Waals surface area contributed by atoms with Crippen LogP contribution in [0.15, 0.2) is 47.3 Å². The predicted octanol–water partition coefficient (Wildman–Crippen LogP) is 3.00. The molecule has 0 atom stereocenters. The normalized spacial score (nSPS) is 12.6. The predicted molar refractivity (Wildman–Crippen MR) is 98.4 cm³/mol. The minimum atomic E-state index is -0.637. The fraction of sp³-hybridized carbons (Fsp3) is 0.250. The number of fused-ring (bicyclic) bond motifs is 2. The van der Waals surface area contributed by atoms with Crippen LogP contribution in [0, 0.1) is 5.92 Å². The van der Waals surface area contributed by atoms with Crippen molar-refractivity contribution in [3.63, 3.8) is 0 Å². The maximum atomic E-state index is 12.8. The number of aromatic nitrogens is 2. The number of hydrogen-bond acceptors (Lipinski definition) is 6. The topological polar surface area (TPSA) is 79.7 Å². The minimum absolute atomic E-state index is 0.100. The lowest BCUT2D eigenvalue weighted by molar-refractivity contribution is 0.0727. The zero-order valence-electron chi connectivity index (χ0n) is 15.0. The van der Waals surface area contributed by atoms with Crippen molar-refractivity contribution < 1.29 is 19.0 Å². The van der Waals surface area contributed by atoms with Crippen LogP contribution in [0.5, 0.6) is 17.2 Å². The van der Waals surface area contributed by atoms with E-state index in [1.54, 1.807) is 42.5 Å². The van der Waals surface area contributed by atoms with E-state index in [0.717, 1.165) is 0 Å². The number of ether oxygens (including phenoxy) is 3. The molecule has 1 aliphatic heterocycles. The average Bonchev–Trinajstić information content (AvgIpc) is 3.11. The van der Waals surface area contributed by atoms with Gasteiger partial charge in [-0.25, -0.2) is 9.48 Å². The van der Waals surface area contributed by atoms with Gasteiger partial charge in [-0.15, -0.1) is 0 Å². The van der Waals surface area contributed by atoms with Crippen LogP contribution in [-0.2, 0) is 6.54 Å². The quantitative estimate of drug-likeness (QED) is 0.522. The molecular weight excluding hydrogens is 348 g/mol. The van der Waals surface area contributed by atoms with Crippen LogP contribution in [0.25, 0.3) is 10.8 Å². The van der Waals surface area contributed by atoms with E-state index in [1.165, 1.54) is 4.68 Å². The zero-order valence-corrected chi connectivity index (χ0v) is 15.0. The Labute approximate surface area is 155 Å². The monoisotopic (exact) mass is 366 g/mol. The summed E-state index contributed by atoms with van der Waals surface area (Å²) in [5, 5.41) is 5.18. The number of rotatable bonds is 4. The van der Waals surface area contributed by atoms with Crippen molar-refractivity contribution in [3.8, 4) is 17.2 Å². The zero-order chi connectivity index (χ0) is 19.0. The number of carbonyl (C=O) groups excluding carboxylic acids is 1. The molecule has 7 heteroatoms. The molecule has 0 amide bonds. The Morgan fingerprint density at radius 3 is 2.67 bits per heavy atom. The van der Waals surface area contributed by atoms with E-state index >= 15 is 0 Å². The molecule has 2 aromatic carbocycles. The first kappa shape index (κ1) is 17.1. The highest BCUT2D eigenvalue weighted by atomic mass is 16.7. The number of esters is 1. The number of carbonyl (C=O) groups is 1. The Morgan fingerprint density at radius 1 is 1.15 bits per heavy atom. The van der Waals surface area contributed by atoms with Crippen LogP contribution >= 0.6 is 0 Å². The summed E-state index contributed by atoms with van der Waals surface area (Å²) in [6.07, 6.45) is 0. The van der Waals surface area contributed by atoms with Gasteiger partial charge in [0, 0.05) is 18.0 Å². The smallest absolute Gasteiger partial charge is 0.364 e. The second kappa shape index (κ2) is 6.75. The molecular formula is C20H18N2O5. The molecule has 27 heavy (non-hydrogen) atoms. The third-order valence-electron chi connectivity index (χ3n) is 4.15. The van der Waals surface area contributed by atoms with Gasteiger partial charge in [0.15, 0.2) is 17.2 Å². The summed E-state index contributed by atoms with van der Waals surface area (Å²) < 4.78 is 17.4. The van der Waals surface area contributed by atoms with Crippen molar-refractivity contribution in [3.05, 3.63) is 58.5 Å². The number of benzene rings is 2. The fourth-order valence-corrected chi connectivity index (χ4v) is 2.95. The molecule has 7 nitrogen and oxygen atoms in total. The first-order valence-electron chi connectivity index (χ1n) is 8.64. The van der Waals surface area contributed by atoms with Crippen molar-refractivity contribution in [2.45, 2.75) is 20.4 Å². The molecule has 0 aliphatic carbocycles. The number of nitrogens with zero attached hydrogens (tertiary/aromatic N) is 2. The van der Waals surface area contributed by atoms with E-state index in [0.29, 0.717) is 34.6 Å². The highest BCUT2D eigenvalue weighted by molar-refractivity contribution is 6.02. The van der Waals surface area contributed by atoms with Gasteiger partial charge in [-0.05, 0) is 24.1 Å². The van der Waals surface area contributed by atoms with Gasteiger partial charge in [-0.2, -0.15) is 5.10 Å². The molecule has 1 aromatic heterocycles. The Balaban J connectivity index is 1.74. The maximum Gasteiger partial charge on any atom is 0.364 e. The third kappa shape index (κ3) is 3.23. The third-order valence-corrected chi connectivity index (χ3v) is 4.15. The van der Waals surface area contributed by atoms with Gasteiger partial charge < -0.3 is 14.2 Å². The second-order valence-corrected chi connectivity index (χ2v) is 6.68. The van der Waals surface area contributed by atoms with E-state index < -0.39 is 5.97 Å². The van der Waals surface area contributed by atoms with E-state index in [4.69, 9.17) is 14.2 Å². The molecule has 0 fully saturated rings. The Hall–Kier alpha value is -3.35. The summed E-state index contributed by atoms with van der Waals surface area (Å²) in [4.78, 5) is 25.4. The highest BCUT2D eigenvalue weighted by Gasteiger charge is 2.20. The average molecular weight is 366 g/mol. The van der Waals surface area contributed by atoms with E-state index in [9.17, 15) is 9.59 Å². The van der Waals surface area contributed by atoms with Crippen molar-refractivity contribution in [1.82, 2.24) is 9.78 Å². The van der Waals surface area contributed by atoms with Gasteiger partial charge in [-0.3, -0.25) is 4.79 Å². The molecule has 0 saturated heterocycles. The molecule has 2 heterocycles. The van der Waals surface area contributed by atoms with Crippen LogP contribution in [0.3, 0.4) is 0 Å². The summed E-state index contributed by atoms with van der Waals surface area (Å²) >= 11 is 0. The van der Waals surface area contributed by atoms with Gasteiger partial charge >= 0.3 is 5.97 Å². The summed E-state index contributed by atoms with van der Waals surface area (Å²) in [7, 11) is 0. The Kier molecular flexibility index (Phi) is 4.27. The van der Waals surface area contributed by atoms with Crippen LogP contribution < -0.4 is 19.8 Å². The SMILES string of the molecule is CC(C)Cn1nc(C(=O)Oc2ccc3c(c2)OCO3)c2ccccc2c1=O. The maximum absolute atomic E-state index is 12.8. The lowest BCUT2D eigenvalue weighted by atomic mass is 10.1. The molecule has 0 radical (unpaired) electrons. The van der Waals surface area contributed by atoms with Gasteiger partial charge in [0.25, 0.3) is 5.56 Å². The standard InChI is InChI=1S/C20H18N2O5/c1-12(2)10-22-19(23)15-6-4-3-5-14(15)18(21-22)20(24)27-13-7-8-16-17(9-13)26-11-25-16/h3-9,12H,10-11H2,1-2H3. The lowest BCUT2D eigenvalue weighted by Gasteiger charge is -2.12. The molecule has 0 unspecified atom stereocenters. The van der Waals surface area contributed by atoms with Crippen LogP contribution in [0.2, 0.25) is 0 Å². The number of hydrogen-bond donors (Lipinski definition) is 0. The Bertz CT molecular complexity index is 1090. The van der Waals surface area contributed by atoms with Gasteiger partial charge in [0.2, 0.25) is 6.79 Å². The van der Waals surface area contributed by atoms with Crippen LogP contribution in [-0.4, -0.2) is 22.5 Å². The highest BCUT2D eigenvalue weighted by Crippen LogP contribution is 2.35. The van der Waals surface area contributed by atoms with Gasteiger partial charge in [0.1, 0.15) is 5.75 Å². The Morgan fingerprint density at radius 2 is 1.89 bits per heavy atom. The molecule has 0 saturated carbocycles. The van der Waals surface area contributed by atoms with Crippen molar-refractivity contribution in [1.29, 1.82) is 0 Å². The second-order valence-electron chi connectivity index (χ2n) is 6.68. The molecule has 138 valence electrons. The van der Waals surface area contributed by atoms with Gasteiger partial charge in [0.05, 0.1) is 5.39 Å². The molecule has 1 aliphatic rings.